The van der Waals surface area contributed by atoms with Crippen LogP contribution in [0.25, 0.3) is 0 Å². The summed E-state index contributed by atoms with van der Waals surface area (Å²) in [6, 6.07) is 7.39. The molecule has 15 heavy (non-hydrogen) atoms. The van der Waals surface area contributed by atoms with Gasteiger partial charge in [0.2, 0.25) is 0 Å². The fourth-order valence-corrected chi connectivity index (χ4v) is 1.64. The Balaban J connectivity index is 2.05. The maximum atomic E-state index is 11.0. The summed E-state index contributed by atoms with van der Waals surface area (Å²) in [4.78, 5) is 11.0. The molecule has 1 aromatic rings. The van der Waals surface area contributed by atoms with Gasteiger partial charge in [-0.2, -0.15) is 0 Å². The lowest BCUT2D eigenvalue weighted by atomic mass is 10.1. The smallest absolute Gasteiger partial charge is 0.326 e. The highest BCUT2D eigenvalue weighted by atomic mass is 16.4. The molecule has 1 aromatic carbocycles. The Labute approximate surface area is 89.1 Å². The maximum absolute atomic E-state index is 11.0. The number of hydrogen-bond donors (Lipinski definition) is 2. The van der Waals surface area contributed by atoms with Crippen LogP contribution in [0.2, 0.25) is 0 Å². The van der Waals surface area contributed by atoms with E-state index in [1.54, 1.807) is 0 Å². The third kappa shape index (κ3) is 2.49. The van der Waals surface area contributed by atoms with E-state index in [-0.39, 0.29) is 0 Å². The van der Waals surface area contributed by atoms with Crippen molar-refractivity contribution in [1.29, 1.82) is 0 Å². The monoisotopic (exact) mass is 205 g/mol. The van der Waals surface area contributed by atoms with Crippen LogP contribution < -0.4 is 5.32 Å². The van der Waals surface area contributed by atoms with E-state index in [0.29, 0.717) is 5.92 Å². The third-order valence-electron chi connectivity index (χ3n) is 2.73. The van der Waals surface area contributed by atoms with Crippen molar-refractivity contribution in [2.45, 2.75) is 25.8 Å². The SMILES string of the molecule is Cc1ccc(NC(C(=O)O)C2CC2)cc1. The van der Waals surface area contributed by atoms with Crippen LogP contribution in [0.1, 0.15) is 18.4 Å². The van der Waals surface area contributed by atoms with Gasteiger partial charge in [-0.3, -0.25) is 0 Å². The van der Waals surface area contributed by atoms with Crippen LogP contribution in [-0.2, 0) is 4.79 Å². The molecule has 0 amide bonds. The van der Waals surface area contributed by atoms with Crippen molar-refractivity contribution in [1.82, 2.24) is 0 Å². The minimum Gasteiger partial charge on any atom is -0.480 e. The summed E-state index contributed by atoms with van der Waals surface area (Å²) in [7, 11) is 0. The van der Waals surface area contributed by atoms with Gasteiger partial charge in [-0.05, 0) is 37.8 Å². The summed E-state index contributed by atoms with van der Waals surface area (Å²) >= 11 is 0. The summed E-state index contributed by atoms with van der Waals surface area (Å²) in [5.41, 5.74) is 2.07. The molecule has 3 nitrogen and oxygen atoms in total. The zero-order valence-corrected chi connectivity index (χ0v) is 8.73. The van der Waals surface area contributed by atoms with Gasteiger partial charge in [0.05, 0.1) is 0 Å². The second kappa shape index (κ2) is 3.93. The predicted octanol–water partition coefficient (Wildman–Crippen LogP) is 2.27. The van der Waals surface area contributed by atoms with Crippen molar-refractivity contribution in [3.8, 4) is 0 Å². The van der Waals surface area contributed by atoms with Gasteiger partial charge in [0.1, 0.15) is 6.04 Å². The summed E-state index contributed by atoms with van der Waals surface area (Å²) in [6.07, 6.45) is 2.05. The number of anilines is 1. The zero-order valence-electron chi connectivity index (χ0n) is 8.73. The summed E-state index contributed by atoms with van der Waals surface area (Å²) < 4.78 is 0. The van der Waals surface area contributed by atoms with Crippen LogP contribution in [0.5, 0.6) is 0 Å². The van der Waals surface area contributed by atoms with E-state index in [0.717, 1.165) is 18.5 Å². The van der Waals surface area contributed by atoms with E-state index in [1.165, 1.54) is 5.56 Å². The van der Waals surface area contributed by atoms with Crippen LogP contribution >= 0.6 is 0 Å². The molecule has 1 fully saturated rings. The molecular formula is C12H15NO2. The molecule has 0 aliphatic heterocycles. The highest BCUT2D eigenvalue weighted by molar-refractivity contribution is 5.78. The number of nitrogens with one attached hydrogen (secondary N) is 1. The van der Waals surface area contributed by atoms with Crippen molar-refractivity contribution in [2.24, 2.45) is 5.92 Å². The molecule has 1 unspecified atom stereocenters. The summed E-state index contributed by atoms with van der Waals surface area (Å²) in [5.74, 6) is -0.443. The molecule has 1 aliphatic carbocycles. The molecule has 0 saturated heterocycles. The Bertz CT molecular complexity index is 354. The second-order valence-electron chi connectivity index (χ2n) is 4.16. The lowest BCUT2D eigenvalue weighted by molar-refractivity contribution is -0.138. The van der Waals surface area contributed by atoms with Gasteiger partial charge in [0.25, 0.3) is 0 Å². The first kappa shape index (κ1) is 10.0. The number of carboxylic acids is 1. The number of carboxylic acid groups (broad SMARTS) is 1. The first-order valence-corrected chi connectivity index (χ1v) is 5.23. The van der Waals surface area contributed by atoms with E-state index in [1.807, 2.05) is 31.2 Å². The van der Waals surface area contributed by atoms with Gasteiger partial charge in [0, 0.05) is 5.69 Å². The zero-order chi connectivity index (χ0) is 10.8. The molecule has 1 saturated carbocycles. The fraction of sp³-hybridized carbons (Fsp3) is 0.417. The average Bonchev–Trinajstić information content (AvgIpc) is 3.00. The van der Waals surface area contributed by atoms with E-state index < -0.39 is 12.0 Å². The Morgan fingerprint density at radius 1 is 1.40 bits per heavy atom. The van der Waals surface area contributed by atoms with Crippen molar-refractivity contribution in [2.75, 3.05) is 5.32 Å². The van der Waals surface area contributed by atoms with E-state index in [4.69, 9.17) is 5.11 Å². The Morgan fingerprint density at radius 2 is 2.00 bits per heavy atom. The number of hydrogen-bond acceptors (Lipinski definition) is 2. The van der Waals surface area contributed by atoms with Gasteiger partial charge < -0.3 is 10.4 Å². The fourth-order valence-electron chi connectivity index (χ4n) is 1.64. The lowest BCUT2D eigenvalue weighted by Gasteiger charge is -2.14. The molecule has 1 atom stereocenters. The minimum absolute atomic E-state index is 0.309. The number of carbonyl (C=O) groups is 1. The average molecular weight is 205 g/mol. The van der Waals surface area contributed by atoms with Gasteiger partial charge in [-0.25, -0.2) is 4.79 Å². The van der Waals surface area contributed by atoms with Crippen molar-refractivity contribution in [3.05, 3.63) is 29.8 Å². The molecule has 2 N–H and O–H groups in total. The first-order valence-electron chi connectivity index (χ1n) is 5.23. The van der Waals surface area contributed by atoms with Crippen LogP contribution in [0.4, 0.5) is 5.69 Å². The number of rotatable bonds is 4. The topological polar surface area (TPSA) is 49.3 Å². The van der Waals surface area contributed by atoms with Crippen molar-refractivity contribution < 1.29 is 9.90 Å². The summed E-state index contributed by atoms with van der Waals surface area (Å²) in [6.45, 7) is 2.01. The largest absolute Gasteiger partial charge is 0.480 e. The molecule has 2 rings (SSSR count). The van der Waals surface area contributed by atoms with Crippen molar-refractivity contribution >= 4 is 11.7 Å². The molecule has 3 heteroatoms. The Kier molecular flexibility index (Phi) is 2.62. The third-order valence-corrected chi connectivity index (χ3v) is 2.73. The van der Waals surface area contributed by atoms with Crippen LogP contribution in [0.3, 0.4) is 0 Å². The number of aliphatic carboxylic acids is 1. The van der Waals surface area contributed by atoms with E-state index in [9.17, 15) is 4.79 Å². The van der Waals surface area contributed by atoms with Gasteiger partial charge in [-0.15, -0.1) is 0 Å². The molecule has 0 aromatic heterocycles. The standard InChI is InChI=1S/C12H15NO2/c1-8-2-6-10(7-3-8)13-11(12(14)15)9-4-5-9/h2-3,6-7,9,11,13H,4-5H2,1H3,(H,14,15). The molecule has 0 spiro atoms. The number of aryl methyl sites for hydroxylation is 1. The van der Waals surface area contributed by atoms with Crippen LogP contribution in [-0.4, -0.2) is 17.1 Å². The number of benzene rings is 1. The second-order valence-corrected chi connectivity index (χ2v) is 4.16. The predicted molar refractivity (Wildman–Crippen MR) is 58.9 cm³/mol. The van der Waals surface area contributed by atoms with Gasteiger partial charge in [0.15, 0.2) is 0 Å². The van der Waals surface area contributed by atoms with Crippen molar-refractivity contribution in [3.63, 3.8) is 0 Å². The first-order chi connectivity index (χ1) is 7.16. The Morgan fingerprint density at radius 3 is 2.47 bits per heavy atom. The normalized spacial score (nSPS) is 17.1. The van der Waals surface area contributed by atoms with Gasteiger partial charge in [-0.1, -0.05) is 17.7 Å². The lowest BCUT2D eigenvalue weighted by Crippen LogP contribution is -2.31. The molecule has 0 radical (unpaired) electrons. The highest BCUT2D eigenvalue weighted by Crippen LogP contribution is 2.34. The maximum Gasteiger partial charge on any atom is 0.326 e. The molecule has 1 aliphatic rings. The Hall–Kier alpha value is -1.51. The molecule has 0 bridgehead atoms. The van der Waals surface area contributed by atoms with Crippen LogP contribution in [0, 0.1) is 12.8 Å². The molecule has 0 heterocycles. The molecular weight excluding hydrogens is 190 g/mol. The quantitative estimate of drug-likeness (QED) is 0.792. The summed E-state index contributed by atoms with van der Waals surface area (Å²) in [5, 5.41) is 12.1. The van der Waals surface area contributed by atoms with Crippen LogP contribution in [0.15, 0.2) is 24.3 Å². The van der Waals surface area contributed by atoms with E-state index >= 15 is 0 Å². The van der Waals surface area contributed by atoms with E-state index in [2.05, 4.69) is 5.32 Å². The molecule has 80 valence electrons. The minimum atomic E-state index is -0.752. The van der Waals surface area contributed by atoms with Gasteiger partial charge >= 0.3 is 5.97 Å². The highest BCUT2D eigenvalue weighted by Gasteiger charge is 2.36.